The Morgan fingerprint density at radius 1 is 0.800 bits per heavy atom. The van der Waals surface area contributed by atoms with E-state index in [0.29, 0.717) is 38.4 Å². The molecule has 8 nitrogen and oxygen atoms in total. The normalized spacial score (nSPS) is 13.6. The number of carbonyl (C=O) groups is 2. The Morgan fingerprint density at radius 2 is 1.31 bits per heavy atom. The molecule has 0 aromatic carbocycles. The van der Waals surface area contributed by atoms with E-state index in [2.05, 4.69) is 19.2 Å². The Balaban J connectivity index is 0.00000461. The van der Waals surface area contributed by atoms with Gasteiger partial charge in [0.25, 0.3) is 0 Å². The summed E-state index contributed by atoms with van der Waals surface area (Å²) in [7, 11) is 0. The van der Waals surface area contributed by atoms with Crippen LogP contribution in [0.1, 0.15) is 85.1 Å². The van der Waals surface area contributed by atoms with E-state index in [0.717, 1.165) is 55.9 Å². The van der Waals surface area contributed by atoms with Crippen LogP contribution in [0.25, 0.3) is 49.3 Å². The molecule has 1 atom stereocenters. The third-order valence-corrected chi connectivity index (χ3v) is 8.79. The van der Waals surface area contributed by atoms with E-state index in [1.54, 1.807) is 0 Å². The zero-order valence-corrected chi connectivity index (χ0v) is 28.6. The van der Waals surface area contributed by atoms with Gasteiger partial charge < -0.3 is 20.2 Å². The first kappa shape index (κ1) is 34.4. The second kappa shape index (κ2) is 13.5. The van der Waals surface area contributed by atoms with Gasteiger partial charge >= 0.3 is 29.0 Å². The van der Waals surface area contributed by atoms with E-state index in [1.165, 1.54) is 0 Å². The zero-order valence-electron chi connectivity index (χ0n) is 25.7. The van der Waals surface area contributed by atoms with Crippen molar-refractivity contribution in [2.24, 2.45) is 0 Å². The number of nitrogens with zero attached hydrogens (tertiary/aromatic N) is 4. The molecule has 2 N–H and O–H groups in total. The van der Waals surface area contributed by atoms with E-state index in [-0.39, 0.29) is 48.0 Å². The summed E-state index contributed by atoms with van der Waals surface area (Å²) < 4.78 is 0. The van der Waals surface area contributed by atoms with Crippen molar-refractivity contribution in [1.29, 1.82) is 0 Å². The number of hydrogen-bond acceptors (Lipinski definition) is 6. The molecule has 0 fully saturated rings. The standard InChI is InChI=1S/C34H36N4O4S2.Fe/c1-15-21(7-9-31(39)40)27-14-28-22(8-10-32(41)42)16(2)24(36-28)12-29-34(20(6)44)18(4)26(38-29)13-30-33(19(5)43)17(3)25(37-30)11-23(15)35-27;/h11-14,20H,5,7-10H2,1-4,6H3,(H6,35,36,37,38,39,40,41,42,43,44);/q;+2/p-2/t20-;/m0./s1. The summed E-state index contributed by atoms with van der Waals surface area (Å²) in [5.41, 5.74) is 12.4. The summed E-state index contributed by atoms with van der Waals surface area (Å²) in [4.78, 5) is 43.6. The average Bonchev–Trinajstić information content (AvgIpc) is 3.59. The van der Waals surface area contributed by atoms with Crippen molar-refractivity contribution in [3.63, 3.8) is 0 Å². The van der Waals surface area contributed by atoms with Gasteiger partial charge in [0.1, 0.15) is 0 Å². The molecule has 0 unspecified atom stereocenters. The number of rotatable bonds is 8. The van der Waals surface area contributed by atoms with Gasteiger partial charge in [0.05, 0.1) is 22.8 Å². The predicted molar refractivity (Wildman–Crippen MR) is 183 cm³/mol. The number of allylic oxidation sites excluding steroid dienone is 3. The minimum atomic E-state index is -0.904. The van der Waals surface area contributed by atoms with Crippen LogP contribution in [0, 0.1) is 13.8 Å². The first-order valence-electron chi connectivity index (χ1n) is 14.3. The summed E-state index contributed by atoms with van der Waals surface area (Å²) in [6, 6.07) is 7.62. The molecular weight excluding hydrogens is 648 g/mol. The molecular formula is C34H34FeN4O4S2. The van der Waals surface area contributed by atoms with Gasteiger partial charge in [-0.05, 0) is 75.3 Å². The van der Waals surface area contributed by atoms with Gasteiger partial charge in [0, 0.05) is 23.0 Å². The van der Waals surface area contributed by atoms with E-state index < -0.39 is 11.9 Å². The van der Waals surface area contributed by atoms with Crippen LogP contribution in [-0.2, 0) is 33.1 Å². The first-order valence-corrected chi connectivity index (χ1v) is 15.3. The van der Waals surface area contributed by atoms with Crippen molar-refractivity contribution >= 4 is 86.5 Å². The summed E-state index contributed by atoms with van der Waals surface area (Å²) in [6.45, 7) is 13.9. The number of hydrogen-bond donors (Lipinski definition) is 4. The van der Waals surface area contributed by atoms with Crippen LogP contribution >= 0.6 is 25.3 Å². The number of aromatic nitrogens is 4. The van der Waals surface area contributed by atoms with Crippen molar-refractivity contribution in [2.75, 3.05) is 0 Å². The Morgan fingerprint density at radius 3 is 1.93 bits per heavy atom. The van der Waals surface area contributed by atoms with Crippen LogP contribution in [-0.4, -0.2) is 37.4 Å². The van der Waals surface area contributed by atoms with E-state index >= 15 is 0 Å². The smallest absolute Gasteiger partial charge is 0.657 e. The van der Waals surface area contributed by atoms with Gasteiger partial charge in [-0.2, -0.15) is 12.6 Å². The third-order valence-electron chi connectivity index (χ3n) is 8.31. The third kappa shape index (κ3) is 6.72. The molecule has 0 amide bonds. The number of aryl methyl sites for hydroxylation is 3. The molecule has 2 aliphatic rings. The summed E-state index contributed by atoms with van der Waals surface area (Å²) in [6.07, 6.45) is 0.454. The van der Waals surface area contributed by atoms with Gasteiger partial charge in [-0.3, -0.25) is 9.59 Å². The van der Waals surface area contributed by atoms with Crippen molar-refractivity contribution < 1.29 is 36.9 Å². The molecule has 234 valence electrons. The van der Waals surface area contributed by atoms with E-state index in [4.69, 9.17) is 32.6 Å². The Bertz CT molecular complexity index is 1980. The van der Waals surface area contributed by atoms with Crippen molar-refractivity contribution in [1.82, 2.24) is 19.9 Å². The second-order valence-electron chi connectivity index (χ2n) is 11.3. The van der Waals surface area contributed by atoms with E-state index in [9.17, 15) is 19.8 Å². The van der Waals surface area contributed by atoms with Crippen LogP contribution in [0.5, 0.6) is 0 Å². The minimum absolute atomic E-state index is 0. The second-order valence-corrected chi connectivity index (χ2v) is 12.6. The topological polar surface area (TPSA) is 129 Å². The summed E-state index contributed by atoms with van der Waals surface area (Å²) in [5.74, 6) is -1.81. The molecule has 5 rings (SSSR count). The van der Waals surface area contributed by atoms with Crippen LogP contribution in [0.15, 0.2) is 30.8 Å². The molecule has 3 aromatic rings. The largest absolute Gasteiger partial charge is 2.00 e. The van der Waals surface area contributed by atoms with Crippen molar-refractivity contribution in [2.45, 2.75) is 65.6 Å². The van der Waals surface area contributed by atoms with Crippen molar-refractivity contribution in [3.8, 4) is 0 Å². The quantitative estimate of drug-likeness (QED) is 0.146. The van der Waals surface area contributed by atoms with Crippen LogP contribution in [0.2, 0.25) is 0 Å². The number of carboxylic acid groups (broad SMARTS) is 2. The molecule has 3 aromatic heterocycles. The number of carboxylic acids is 2. The maximum atomic E-state index is 11.6. The molecule has 0 saturated heterocycles. The maximum absolute atomic E-state index is 11.6. The monoisotopic (exact) mass is 682 g/mol. The molecule has 45 heavy (non-hydrogen) atoms. The summed E-state index contributed by atoms with van der Waals surface area (Å²) >= 11 is 9.37. The number of thiol groups is 2. The van der Waals surface area contributed by atoms with Gasteiger partial charge in [0.15, 0.2) is 0 Å². The van der Waals surface area contributed by atoms with Crippen LogP contribution in [0.3, 0.4) is 0 Å². The predicted octanol–water partition coefficient (Wildman–Crippen LogP) is 7.15. The fraction of sp³-hybridized carbons (Fsp3) is 0.294. The molecule has 5 heterocycles. The fourth-order valence-corrected chi connectivity index (χ4v) is 6.58. The van der Waals surface area contributed by atoms with Crippen LogP contribution < -0.4 is 9.97 Å². The SMILES string of the molecule is C=C(S)c1c(C)c2cc3nc(cc4[n-]c(cc5nc(cc1[n-]2)C(C)=C5[C@H](C)S)c(C)c4CCC(=O)O)C(CCC(=O)O)=C3C.[Fe+2]. The Labute approximate surface area is 283 Å². The number of fused-ring (bicyclic) bond motifs is 8. The molecule has 8 bridgehead atoms. The summed E-state index contributed by atoms with van der Waals surface area (Å²) in [5, 5.41) is 18.8. The molecule has 0 radical (unpaired) electrons. The van der Waals surface area contributed by atoms with Gasteiger partial charge in [-0.15, -0.1) is 34.7 Å². The minimum Gasteiger partial charge on any atom is -0.657 e. The first-order chi connectivity index (χ1) is 20.8. The Hall–Kier alpha value is -3.50. The molecule has 0 aliphatic carbocycles. The average molecular weight is 683 g/mol. The van der Waals surface area contributed by atoms with Crippen LogP contribution in [0.4, 0.5) is 0 Å². The number of aliphatic carboxylic acids is 2. The molecule has 11 heteroatoms. The maximum Gasteiger partial charge on any atom is 2.00 e. The molecule has 2 aliphatic heterocycles. The van der Waals surface area contributed by atoms with E-state index in [1.807, 2.05) is 58.9 Å². The van der Waals surface area contributed by atoms with Crippen molar-refractivity contribution in [3.05, 3.63) is 75.9 Å². The Kier molecular flexibility index (Phi) is 10.3. The molecule has 0 saturated carbocycles. The molecule has 0 spiro atoms. The van der Waals surface area contributed by atoms with Gasteiger partial charge in [-0.1, -0.05) is 47.5 Å². The van der Waals surface area contributed by atoms with Gasteiger partial charge in [-0.25, -0.2) is 9.97 Å². The van der Waals surface area contributed by atoms with Gasteiger partial charge in [0.2, 0.25) is 0 Å². The zero-order chi connectivity index (χ0) is 32.0. The fourth-order valence-electron chi connectivity index (χ4n) is 5.97.